The molecule has 0 aliphatic heterocycles. The summed E-state index contributed by atoms with van der Waals surface area (Å²) in [5.41, 5.74) is 3.15. The van der Waals surface area contributed by atoms with Crippen LogP contribution in [0.4, 0.5) is 0 Å². The van der Waals surface area contributed by atoms with Gasteiger partial charge in [0.1, 0.15) is 0 Å². The molecule has 0 spiro atoms. The summed E-state index contributed by atoms with van der Waals surface area (Å²) in [6, 6.07) is 0.176. The highest BCUT2D eigenvalue weighted by Gasteiger charge is 2.15. The van der Waals surface area contributed by atoms with Gasteiger partial charge in [0.15, 0.2) is 0 Å². The molecule has 18 heavy (non-hydrogen) atoms. The minimum absolute atomic E-state index is 0.0856. The minimum atomic E-state index is 0.0856. The van der Waals surface area contributed by atoms with E-state index in [1.165, 1.54) is 12.7 Å². The zero-order chi connectivity index (χ0) is 13.3. The Balaban J connectivity index is 2.58. The van der Waals surface area contributed by atoms with E-state index in [2.05, 4.69) is 27.0 Å². The van der Waals surface area contributed by atoms with Gasteiger partial charge in [-0.25, -0.2) is 4.68 Å². The summed E-state index contributed by atoms with van der Waals surface area (Å²) in [7, 11) is 1.48. The molecule has 6 nitrogen and oxygen atoms in total. The van der Waals surface area contributed by atoms with E-state index in [0.29, 0.717) is 5.95 Å². The number of ether oxygens (including phenoxy) is 1. The molecule has 0 fully saturated rings. The van der Waals surface area contributed by atoms with Crippen molar-refractivity contribution >= 4 is 11.6 Å². The Morgan fingerprint density at radius 3 is 2.50 bits per heavy atom. The molecule has 2 aromatic rings. The standard InChI is InChI=1S/C11H14ClN5O/c1-5-8-6(2)16-17(7(8)3)10-13-9(12)14-11(15-10)18-4/h5H2,1-4H3. The molecule has 2 heterocycles. The SMILES string of the molecule is CCc1c(C)nn(-c2nc(Cl)nc(OC)n2)c1C. The largest absolute Gasteiger partial charge is 0.467 e. The fraction of sp³-hybridized carbons (Fsp3) is 0.455. The predicted molar refractivity (Wildman–Crippen MR) is 67.4 cm³/mol. The molecular weight excluding hydrogens is 254 g/mol. The molecule has 0 saturated carbocycles. The van der Waals surface area contributed by atoms with Crippen LogP contribution >= 0.6 is 11.6 Å². The maximum atomic E-state index is 5.83. The highest BCUT2D eigenvalue weighted by molar-refractivity contribution is 6.28. The van der Waals surface area contributed by atoms with Crippen molar-refractivity contribution in [1.82, 2.24) is 24.7 Å². The normalized spacial score (nSPS) is 10.7. The molecule has 0 radical (unpaired) electrons. The Bertz CT molecular complexity index is 581. The van der Waals surface area contributed by atoms with Gasteiger partial charge in [-0.05, 0) is 37.4 Å². The van der Waals surface area contributed by atoms with Crippen molar-refractivity contribution in [3.8, 4) is 12.0 Å². The van der Waals surface area contributed by atoms with Crippen molar-refractivity contribution in [3.05, 3.63) is 22.2 Å². The summed E-state index contributed by atoms with van der Waals surface area (Å²) in [5.74, 6) is 0.368. The molecule has 7 heteroatoms. The monoisotopic (exact) mass is 267 g/mol. The Hall–Kier alpha value is -1.69. The smallest absolute Gasteiger partial charge is 0.322 e. The molecule has 2 aromatic heterocycles. The van der Waals surface area contributed by atoms with Gasteiger partial charge in [0.05, 0.1) is 12.8 Å². The molecule has 0 aliphatic carbocycles. The first-order valence-electron chi connectivity index (χ1n) is 5.57. The number of hydrogen-bond acceptors (Lipinski definition) is 5. The van der Waals surface area contributed by atoms with Gasteiger partial charge in [-0.1, -0.05) is 6.92 Å². The lowest BCUT2D eigenvalue weighted by Gasteiger charge is -2.04. The lowest BCUT2D eigenvalue weighted by Crippen LogP contribution is -2.08. The zero-order valence-electron chi connectivity index (χ0n) is 10.7. The lowest BCUT2D eigenvalue weighted by atomic mass is 10.1. The number of aryl methyl sites for hydroxylation is 1. The van der Waals surface area contributed by atoms with E-state index in [9.17, 15) is 0 Å². The summed E-state index contributed by atoms with van der Waals surface area (Å²) in [6.07, 6.45) is 0.910. The molecule has 0 N–H and O–H groups in total. The first-order chi connectivity index (χ1) is 8.56. The highest BCUT2D eigenvalue weighted by Crippen LogP contribution is 2.18. The number of halogens is 1. The molecule has 0 aliphatic rings. The maximum absolute atomic E-state index is 5.83. The first-order valence-corrected chi connectivity index (χ1v) is 5.95. The summed E-state index contributed by atoms with van der Waals surface area (Å²) < 4.78 is 6.63. The van der Waals surface area contributed by atoms with Crippen LogP contribution in [0.2, 0.25) is 5.28 Å². The molecular formula is C11H14ClN5O. The van der Waals surface area contributed by atoms with Crippen LogP contribution in [0.1, 0.15) is 23.9 Å². The quantitative estimate of drug-likeness (QED) is 0.850. The van der Waals surface area contributed by atoms with Gasteiger partial charge in [0, 0.05) is 5.69 Å². The number of aromatic nitrogens is 5. The van der Waals surface area contributed by atoms with Crippen molar-refractivity contribution in [3.63, 3.8) is 0 Å². The summed E-state index contributed by atoms with van der Waals surface area (Å²) >= 11 is 5.83. The van der Waals surface area contributed by atoms with Gasteiger partial charge in [-0.2, -0.15) is 20.1 Å². The molecule has 0 unspecified atom stereocenters. The first kappa shape index (κ1) is 12.8. The van der Waals surface area contributed by atoms with Crippen molar-refractivity contribution in [2.24, 2.45) is 0 Å². The summed E-state index contributed by atoms with van der Waals surface area (Å²) in [6.45, 7) is 6.02. The molecule has 0 aromatic carbocycles. The molecule has 2 rings (SSSR count). The van der Waals surface area contributed by atoms with E-state index in [1.54, 1.807) is 4.68 Å². The van der Waals surface area contributed by atoms with Crippen molar-refractivity contribution in [2.75, 3.05) is 7.11 Å². The van der Waals surface area contributed by atoms with Crippen LogP contribution in [0.15, 0.2) is 0 Å². The van der Waals surface area contributed by atoms with Gasteiger partial charge in [-0.15, -0.1) is 0 Å². The van der Waals surface area contributed by atoms with E-state index in [0.717, 1.165) is 17.8 Å². The van der Waals surface area contributed by atoms with E-state index < -0.39 is 0 Å². The second-order valence-electron chi connectivity index (χ2n) is 3.81. The van der Waals surface area contributed by atoms with E-state index in [1.807, 2.05) is 13.8 Å². The average molecular weight is 268 g/mol. The summed E-state index contributed by atoms with van der Waals surface area (Å²) in [4.78, 5) is 12.0. The maximum Gasteiger partial charge on any atom is 0.322 e. The second kappa shape index (κ2) is 4.89. The van der Waals surface area contributed by atoms with E-state index >= 15 is 0 Å². The third-order valence-corrected chi connectivity index (χ3v) is 2.91. The zero-order valence-corrected chi connectivity index (χ0v) is 11.5. The highest BCUT2D eigenvalue weighted by atomic mass is 35.5. The van der Waals surface area contributed by atoms with Crippen LogP contribution in [-0.2, 0) is 6.42 Å². The van der Waals surface area contributed by atoms with Gasteiger partial charge in [-0.3, -0.25) is 0 Å². The Morgan fingerprint density at radius 2 is 1.94 bits per heavy atom. The number of methoxy groups -OCH3 is 1. The fourth-order valence-corrected chi connectivity index (χ4v) is 2.04. The Kier molecular flexibility index (Phi) is 3.47. The lowest BCUT2D eigenvalue weighted by molar-refractivity contribution is 0.376. The molecule has 0 atom stereocenters. The molecule has 0 saturated heterocycles. The van der Waals surface area contributed by atoms with E-state index in [-0.39, 0.29) is 11.3 Å². The number of hydrogen-bond donors (Lipinski definition) is 0. The van der Waals surface area contributed by atoms with Crippen molar-refractivity contribution in [1.29, 1.82) is 0 Å². The molecule has 0 bridgehead atoms. The summed E-state index contributed by atoms with van der Waals surface area (Å²) in [5, 5.41) is 4.50. The van der Waals surface area contributed by atoms with Gasteiger partial charge in [0.25, 0.3) is 5.95 Å². The third kappa shape index (κ3) is 2.15. The Morgan fingerprint density at radius 1 is 1.22 bits per heavy atom. The molecule has 96 valence electrons. The molecule has 0 amide bonds. The number of nitrogens with zero attached hydrogens (tertiary/aromatic N) is 5. The van der Waals surface area contributed by atoms with Crippen LogP contribution in [0.5, 0.6) is 6.01 Å². The van der Waals surface area contributed by atoms with Crippen LogP contribution < -0.4 is 4.74 Å². The van der Waals surface area contributed by atoms with Crippen LogP contribution in [-0.4, -0.2) is 31.8 Å². The average Bonchev–Trinajstić information content (AvgIpc) is 2.63. The Labute approximate surface area is 110 Å². The fourth-order valence-electron chi connectivity index (χ4n) is 1.89. The van der Waals surface area contributed by atoms with Crippen LogP contribution in [0.3, 0.4) is 0 Å². The minimum Gasteiger partial charge on any atom is -0.467 e. The van der Waals surface area contributed by atoms with Crippen molar-refractivity contribution < 1.29 is 4.74 Å². The van der Waals surface area contributed by atoms with Crippen molar-refractivity contribution in [2.45, 2.75) is 27.2 Å². The van der Waals surface area contributed by atoms with E-state index in [4.69, 9.17) is 16.3 Å². The van der Waals surface area contributed by atoms with Gasteiger partial charge in [0.2, 0.25) is 5.28 Å². The third-order valence-electron chi connectivity index (χ3n) is 2.74. The van der Waals surface area contributed by atoms with Crippen LogP contribution in [0, 0.1) is 13.8 Å². The topological polar surface area (TPSA) is 65.7 Å². The number of rotatable bonds is 3. The predicted octanol–water partition coefficient (Wildman–Crippen LogP) is 1.90. The van der Waals surface area contributed by atoms with Crippen LogP contribution in [0.25, 0.3) is 5.95 Å². The van der Waals surface area contributed by atoms with Gasteiger partial charge >= 0.3 is 6.01 Å². The second-order valence-corrected chi connectivity index (χ2v) is 4.14. The van der Waals surface area contributed by atoms with Gasteiger partial charge < -0.3 is 4.74 Å².